The quantitative estimate of drug-likeness (QED) is 0.772. The number of benzene rings is 1. The number of carbonyl (C=O) groups is 1. The van der Waals surface area contributed by atoms with E-state index < -0.39 is 0 Å². The van der Waals surface area contributed by atoms with Gasteiger partial charge >= 0.3 is 0 Å². The Morgan fingerprint density at radius 3 is 2.56 bits per heavy atom. The molecule has 1 aromatic rings. The van der Waals surface area contributed by atoms with Crippen LogP contribution in [0.15, 0.2) is 23.1 Å². The minimum atomic E-state index is 0.442. The lowest BCUT2D eigenvalue weighted by Gasteiger charge is -2.21. The Bertz CT molecular complexity index is 388. The molecule has 1 aromatic carbocycles. The lowest BCUT2D eigenvalue weighted by molar-refractivity contribution is -0.120. The first-order valence-corrected chi connectivity index (χ1v) is 6.79. The van der Waals surface area contributed by atoms with Crippen LogP contribution in [-0.2, 0) is 4.79 Å². The molecule has 0 bridgehead atoms. The van der Waals surface area contributed by atoms with E-state index in [4.69, 9.17) is 0 Å². The first-order chi connectivity index (χ1) is 7.65. The highest BCUT2D eigenvalue weighted by Gasteiger charge is 2.19. The van der Waals surface area contributed by atoms with Crippen LogP contribution in [0.1, 0.15) is 36.8 Å². The number of thioether (sulfide) groups is 1. The van der Waals surface area contributed by atoms with Crippen LogP contribution in [0.2, 0.25) is 0 Å². The van der Waals surface area contributed by atoms with Crippen LogP contribution in [0.4, 0.5) is 0 Å². The van der Waals surface area contributed by atoms with Crippen molar-refractivity contribution in [3.63, 3.8) is 0 Å². The van der Waals surface area contributed by atoms with E-state index >= 15 is 0 Å². The molecular formula is C14H18OS. The van der Waals surface area contributed by atoms with Gasteiger partial charge in [-0.25, -0.2) is 0 Å². The van der Waals surface area contributed by atoms with E-state index in [-0.39, 0.29) is 0 Å². The normalized spacial score (nSPS) is 17.8. The van der Waals surface area contributed by atoms with Gasteiger partial charge in [-0.2, -0.15) is 0 Å². The van der Waals surface area contributed by atoms with Crippen LogP contribution in [0.25, 0.3) is 0 Å². The molecule has 0 aromatic heterocycles. The summed E-state index contributed by atoms with van der Waals surface area (Å²) in [6.45, 7) is 4.30. The topological polar surface area (TPSA) is 17.1 Å². The van der Waals surface area contributed by atoms with Gasteiger partial charge in [-0.15, -0.1) is 11.8 Å². The van der Waals surface area contributed by atoms with E-state index in [1.54, 1.807) is 0 Å². The smallest absolute Gasteiger partial charge is 0.132 e. The van der Waals surface area contributed by atoms with Crippen LogP contribution >= 0.6 is 11.8 Å². The molecule has 86 valence electrons. The standard InChI is InChI=1S/C14H18OS/c1-10-3-4-11(2)14(9-10)16-13-7-5-12(15)6-8-13/h3-4,9,13H,5-8H2,1-2H3. The fourth-order valence-electron chi connectivity index (χ4n) is 2.04. The van der Waals surface area contributed by atoms with Gasteiger partial charge in [0.05, 0.1) is 0 Å². The van der Waals surface area contributed by atoms with E-state index in [1.807, 2.05) is 11.8 Å². The minimum Gasteiger partial charge on any atom is -0.300 e. The van der Waals surface area contributed by atoms with Crippen molar-refractivity contribution in [3.8, 4) is 0 Å². The number of carbonyl (C=O) groups excluding carboxylic acids is 1. The second kappa shape index (κ2) is 5.05. The summed E-state index contributed by atoms with van der Waals surface area (Å²) >= 11 is 1.96. The number of hydrogen-bond donors (Lipinski definition) is 0. The van der Waals surface area contributed by atoms with E-state index in [2.05, 4.69) is 32.0 Å². The third-order valence-electron chi connectivity index (χ3n) is 3.13. The van der Waals surface area contributed by atoms with Crippen molar-refractivity contribution in [2.75, 3.05) is 0 Å². The zero-order valence-electron chi connectivity index (χ0n) is 9.95. The maximum atomic E-state index is 11.2. The number of Topliss-reactive ketones (excluding diaryl/α,β-unsaturated/α-hetero) is 1. The third-order valence-corrected chi connectivity index (χ3v) is 4.63. The molecule has 1 aliphatic rings. The highest BCUT2D eigenvalue weighted by molar-refractivity contribution is 8.00. The molecule has 0 amide bonds. The molecule has 0 N–H and O–H groups in total. The van der Waals surface area contributed by atoms with Crippen molar-refractivity contribution >= 4 is 17.5 Å². The van der Waals surface area contributed by atoms with Crippen molar-refractivity contribution in [3.05, 3.63) is 29.3 Å². The van der Waals surface area contributed by atoms with Crippen LogP contribution in [0.3, 0.4) is 0 Å². The Morgan fingerprint density at radius 1 is 1.19 bits per heavy atom. The maximum absolute atomic E-state index is 11.2. The molecule has 0 saturated heterocycles. The molecule has 1 aliphatic carbocycles. The number of rotatable bonds is 2. The van der Waals surface area contributed by atoms with Crippen molar-refractivity contribution in [2.45, 2.75) is 49.7 Å². The van der Waals surface area contributed by atoms with E-state index in [0.29, 0.717) is 11.0 Å². The van der Waals surface area contributed by atoms with Gasteiger partial charge in [0, 0.05) is 23.0 Å². The molecule has 0 spiro atoms. The van der Waals surface area contributed by atoms with Crippen LogP contribution in [0.5, 0.6) is 0 Å². The predicted octanol–water partition coefficient (Wildman–Crippen LogP) is 3.91. The first-order valence-electron chi connectivity index (χ1n) is 5.91. The highest BCUT2D eigenvalue weighted by Crippen LogP contribution is 2.34. The third kappa shape index (κ3) is 2.88. The van der Waals surface area contributed by atoms with Gasteiger partial charge < -0.3 is 0 Å². The summed E-state index contributed by atoms with van der Waals surface area (Å²) in [4.78, 5) is 12.6. The second-order valence-corrected chi connectivity index (χ2v) is 5.97. The van der Waals surface area contributed by atoms with E-state index in [1.165, 1.54) is 16.0 Å². The van der Waals surface area contributed by atoms with Crippen molar-refractivity contribution in [2.24, 2.45) is 0 Å². The van der Waals surface area contributed by atoms with Crippen LogP contribution in [-0.4, -0.2) is 11.0 Å². The van der Waals surface area contributed by atoms with Crippen molar-refractivity contribution in [1.29, 1.82) is 0 Å². The van der Waals surface area contributed by atoms with Gasteiger partial charge in [-0.1, -0.05) is 17.7 Å². The molecule has 0 radical (unpaired) electrons. The fourth-order valence-corrected chi connectivity index (χ4v) is 3.38. The molecule has 1 saturated carbocycles. The monoisotopic (exact) mass is 234 g/mol. The number of aryl methyl sites for hydroxylation is 2. The molecular weight excluding hydrogens is 216 g/mol. The van der Waals surface area contributed by atoms with Gasteiger partial charge in [0.1, 0.15) is 5.78 Å². The summed E-state index contributed by atoms with van der Waals surface area (Å²) in [6.07, 6.45) is 3.67. The van der Waals surface area contributed by atoms with Crippen LogP contribution < -0.4 is 0 Å². The Kier molecular flexibility index (Phi) is 3.70. The average Bonchev–Trinajstić information content (AvgIpc) is 2.27. The molecule has 0 aliphatic heterocycles. The summed E-state index contributed by atoms with van der Waals surface area (Å²) in [5.74, 6) is 0.442. The van der Waals surface area contributed by atoms with Gasteiger partial charge in [0.15, 0.2) is 0 Å². The fraction of sp³-hybridized carbons (Fsp3) is 0.500. The van der Waals surface area contributed by atoms with E-state index in [9.17, 15) is 4.79 Å². The van der Waals surface area contributed by atoms with Gasteiger partial charge in [-0.05, 0) is 38.3 Å². The molecule has 16 heavy (non-hydrogen) atoms. The summed E-state index contributed by atoms with van der Waals surface area (Å²) in [7, 11) is 0. The Labute approximate surface area is 102 Å². The molecule has 2 rings (SSSR count). The lowest BCUT2D eigenvalue weighted by Crippen LogP contribution is -2.15. The Hall–Kier alpha value is -0.760. The summed E-state index contributed by atoms with van der Waals surface area (Å²) < 4.78 is 0. The molecule has 1 nitrogen and oxygen atoms in total. The first kappa shape index (κ1) is 11.7. The summed E-state index contributed by atoms with van der Waals surface area (Å²) in [5.41, 5.74) is 2.67. The predicted molar refractivity (Wildman–Crippen MR) is 69.0 cm³/mol. The second-order valence-electron chi connectivity index (χ2n) is 4.62. The Balaban J connectivity index is 2.03. The minimum absolute atomic E-state index is 0.442. The number of ketones is 1. The van der Waals surface area contributed by atoms with Crippen LogP contribution in [0, 0.1) is 13.8 Å². The zero-order chi connectivity index (χ0) is 11.5. The highest BCUT2D eigenvalue weighted by atomic mass is 32.2. The average molecular weight is 234 g/mol. The maximum Gasteiger partial charge on any atom is 0.132 e. The van der Waals surface area contributed by atoms with Gasteiger partial charge in [-0.3, -0.25) is 4.79 Å². The van der Waals surface area contributed by atoms with Gasteiger partial charge in [0.2, 0.25) is 0 Å². The molecule has 1 fully saturated rings. The molecule has 2 heteroatoms. The molecule has 0 heterocycles. The largest absolute Gasteiger partial charge is 0.300 e. The summed E-state index contributed by atoms with van der Waals surface area (Å²) in [6, 6.07) is 6.60. The van der Waals surface area contributed by atoms with Gasteiger partial charge in [0.25, 0.3) is 0 Å². The molecule has 0 atom stereocenters. The van der Waals surface area contributed by atoms with E-state index in [0.717, 1.165) is 25.7 Å². The SMILES string of the molecule is Cc1ccc(C)c(SC2CCC(=O)CC2)c1. The zero-order valence-corrected chi connectivity index (χ0v) is 10.8. The van der Waals surface area contributed by atoms with Crippen molar-refractivity contribution in [1.82, 2.24) is 0 Å². The number of hydrogen-bond acceptors (Lipinski definition) is 2. The lowest BCUT2D eigenvalue weighted by atomic mass is 9.99. The molecule has 0 unspecified atom stereocenters. The Morgan fingerprint density at radius 2 is 1.88 bits per heavy atom. The van der Waals surface area contributed by atoms with Crippen molar-refractivity contribution < 1.29 is 4.79 Å². The summed E-state index contributed by atoms with van der Waals surface area (Å²) in [5, 5.41) is 0.637.